The van der Waals surface area contributed by atoms with Crippen LogP contribution in [0.5, 0.6) is 0 Å². The summed E-state index contributed by atoms with van der Waals surface area (Å²) in [5.41, 5.74) is 4.51. The summed E-state index contributed by atoms with van der Waals surface area (Å²) in [4.78, 5) is 12.6. The summed E-state index contributed by atoms with van der Waals surface area (Å²) >= 11 is 0. The highest BCUT2D eigenvalue weighted by molar-refractivity contribution is 7.89. The molecule has 1 amide bonds. The Labute approximate surface area is 171 Å². The molecule has 0 radical (unpaired) electrons. The number of morpholine rings is 1. The molecule has 29 heavy (non-hydrogen) atoms. The molecule has 0 unspecified atom stereocenters. The van der Waals surface area contributed by atoms with Crippen molar-refractivity contribution in [3.63, 3.8) is 0 Å². The lowest BCUT2D eigenvalue weighted by Gasteiger charge is -2.26. The summed E-state index contributed by atoms with van der Waals surface area (Å²) in [6.45, 7) is 1.62. The predicted molar refractivity (Wildman–Crippen MR) is 111 cm³/mol. The fraction of sp³-hybridized carbons (Fsp3) is 0.409. The molecule has 0 bridgehead atoms. The number of carbonyl (C=O) groups excluding carboxylic acids is 1. The zero-order valence-corrected chi connectivity index (χ0v) is 17.2. The average molecular weight is 415 g/mol. The molecule has 2 aromatic rings. The fourth-order valence-corrected chi connectivity index (χ4v) is 5.30. The fourth-order valence-electron chi connectivity index (χ4n) is 3.90. The molecule has 6 nitrogen and oxygen atoms in total. The monoisotopic (exact) mass is 414 g/mol. The minimum atomic E-state index is -3.48. The number of ether oxygens (including phenoxy) is 1. The van der Waals surface area contributed by atoms with Crippen LogP contribution in [0.25, 0.3) is 0 Å². The summed E-state index contributed by atoms with van der Waals surface area (Å²) in [5.74, 6) is -0.0343. The number of anilines is 1. The molecule has 0 spiro atoms. The van der Waals surface area contributed by atoms with Gasteiger partial charge < -0.3 is 10.1 Å². The Balaban J connectivity index is 1.32. The number of rotatable bonds is 6. The standard InChI is InChI=1S/C22H26N2O4S/c25-22(23-20-8-7-18-2-1-3-19(18)16-20)11-6-17-4-9-21(10-5-17)29(26,27)24-12-14-28-15-13-24/h4-5,7-10,16H,1-3,6,11-15H2,(H,23,25). The van der Waals surface area contributed by atoms with Crippen LogP contribution in [0.15, 0.2) is 47.4 Å². The molecular formula is C22H26N2O4S. The van der Waals surface area contributed by atoms with Crippen LogP contribution in [0.4, 0.5) is 5.69 Å². The molecule has 0 atom stereocenters. The average Bonchev–Trinajstić information content (AvgIpc) is 3.21. The van der Waals surface area contributed by atoms with Crippen molar-refractivity contribution in [2.24, 2.45) is 0 Å². The van der Waals surface area contributed by atoms with E-state index >= 15 is 0 Å². The normalized spacial score (nSPS) is 17.1. The summed E-state index contributed by atoms with van der Waals surface area (Å²) in [6, 6.07) is 13.0. The van der Waals surface area contributed by atoms with E-state index in [9.17, 15) is 13.2 Å². The highest BCUT2D eigenvalue weighted by Gasteiger charge is 2.26. The smallest absolute Gasteiger partial charge is 0.243 e. The van der Waals surface area contributed by atoms with E-state index in [0.29, 0.717) is 39.1 Å². The number of carbonyl (C=O) groups is 1. The maximum Gasteiger partial charge on any atom is 0.243 e. The first-order chi connectivity index (χ1) is 14.0. The number of aryl methyl sites for hydroxylation is 3. The van der Waals surface area contributed by atoms with E-state index in [1.165, 1.54) is 21.9 Å². The van der Waals surface area contributed by atoms with Crippen LogP contribution in [0, 0.1) is 0 Å². The van der Waals surface area contributed by atoms with Crippen LogP contribution in [0.1, 0.15) is 29.5 Å². The quantitative estimate of drug-likeness (QED) is 0.789. The molecule has 2 aliphatic rings. The maximum absolute atomic E-state index is 12.7. The number of sulfonamides is 1. The van der Waals surface area contributed by atoms with E-state index in [-0.39, 0.29) is 10.8 Å². The van der Waals surface area contributed by atoms with Crippen LogP contribution in [-0.2, 0) is 38.8 Å². The third-order valence-corrected chi connectivity index (χ3v) is 7.47. The first kappa shape index (κ1) is 20.1. The van der Waals surface area contributed by atoms with Crippen molar-refractivity contribution < 1.29 is 17.9 Å². The minimum Gasteiger partial charge on any atom is -0.379 e. The number of hydrogen-bond acceptors (Lipinski definition) is 4. The minimum absolute atomic E-state index is 0.0343. The van der Waals surface area contributed by atoms with Crippen LogP contribution in [0.2, 0.25) is 0 Å². The van der Waals surface area contributed by atoms with Gasteiger partial charge >= 0.3 is 0 Å². The summed E-state index contributed by atoms with van der Waals surface area (Å²) in [5, 5.41) is 2.97. The van der Waals surface area contributed by atoms with Crippen molar-refractivity contribution in [2.75, 3.05) is 31.6 Å². The second-order valence-corrected chi connectivity index (χ2v) is 9.48. The van der Waals surface area contributed by atoms with Gasteiger partial charge in [0.05, 0.1) is 18.1 Å². The Morgan fingerprint density at radius 1 is 1.00 bits per heavy atom. The van der Waals surface area contributed by atoms with Crippen molar-refractivity contribution in [1.29, 1.82) is 0 Å². The van der Waals surface area contributed by atoms with Crippen LogP contribution in [-0.4, -0.2) is 44.9 Å². The van der Waals surface area contributed by atoms with Gasteiger partial charge in [-0.1, -0.05) is 18.2 Å². The van der Waals surface area contributed by atoms with Gasteiger partial charge in [0, 0.05) is 25.2 Å². The number of benzene rings is 2. The lowest BCUT2D eigenvalue weighted by molar-refractivity contribution is -0.116. The van der Waals surface area contributed by atoms with Crippen LogP contribution in [0.3, 0.4) is 0 Å². The van der Waals surface area contributed by atoms with Crippen LogP contribution >= 0.6 is 0 Å². The Hall–Kier alpha value is -2.22. The molecule has 1 saturated heterocycles. The summed E-state index contributed by atoms with van der Waals surface area (Å²) in [7, 11) is -3.48. The number of hydrogen-bond donors (Lipinski definition) is 1. The highest BCUT2D eigenvalue weighted by atomic mass is 32.2. The molecule has 1 aliphatic carbocycles. The molecule has 4 rings (SSSR count). The molecule has 1 aliphatic heterocycles. The van der Waals surface area contributed by atoms with E-state index in [1.807, 2.05) is 6.07 Å². The van der Waals surface area contributed by atoms with E-state index in [1.54, 1.807) is 24.3 Å². The summed E-state index contributed by atoms with van der Waals surface area (Å²) < 4.78 is 32.0. The van der Waals surface area contributed by atoms with Gasteiger partial charge in [0.25, 0.3) is 0 Å². The second-order valence-electron chi connectivity index (χ2n) is 7.55. The van der Waals surface area contributed by atoms with Gasteiger partial charge in [-0.05, 0) is 66.6 Å². The SMILES string of the molecule is O=C(CCc1ccc(S(=O)(=O)N2CCOCC2)cc1)Nc1ccc2c(c1)CCC2. The van der Waals surface area contributed by atoms with Crippen LogP contribution < -0.4 is 5.32 Å². The largest absolute Gasteiger partial charge is 0.379 e. The Morgan fingerprint density at radius 3 is 2.48 bits per heavy atom. The highest BCUT2D eigenvalue weighted by Crippen LogP contribution is 2.25. The zero-order chi connectivity index (χ0) is 20.3. The Bertz CT molecular complexity index is 980. The van der Waals surface area contributed by atoms with Gasteiger partial charge in [0.1, 0.15) is 0 Å². The van der Waals surface area contributed by atoms with E-state index < -0.39 is 10.0 Å². The topological polar surface area (TPSA) is 75.7 Å². The number of fused-ring (bicyclic) bond motifs is 1. The predicted octanol–water partition coefficient (Wildman–Crippen LogP) is 2.77. The van der Waals surface area contributed by atoms with Crippen molar-refractivity contribution in [3.8, 4) is 0 Å². The van der Waals surface area contributed by atoms with Gasteiger partial charge in [0.15, 0.2) is 0 Å². The van der Waals surface area contributed by atoms with Crippen molar-refractivity contribution in [1.82, 2.24) is 4.31 Å². The lowest BCUT2D eigenvalue weighted by Crippen LogP contribution is -2.40. The first-order valence-electron chi connectivity index (χ1n) is 10.1. The zero-order valence-electron chi connectivity index (χ0n) is 16.4. The van der Waals surface area contributed by atoms with Gasteiger partial charge in [-0.2, -0.15) is 4.31 Å². The van der Waals surface area contributed by atoms with Gasteiger partial charge in [-0.25, -0.2) is 8.42 Å². The molecular weight excluding hydrogens is 388 g/mol. The first-order valence-corrected chi connectivity index (χ1v) is 11.5. The Kier molecular flexibility index (Phi) is 5.99. The molecule has 1 N–H and O–H groups in total. The number of nitrogens with one attached hydrogen (secondary N) is 1. The number of amides is 1. The summed E-state index contributed by atoms with van der Waals surface area (Å²) in [6.07, 6.45) is 4.31. The molecule has 7 heteroatoms. The van der Waals surface area contributed by atoms with Gasteiger partial charge in [0.2, 0.25) is 15.9 Å². The molecule has 154 valence electrons. The van der Waals surface area contributed by atoms with E-state index in [0.717, 1.165) is 24.1 Å². The lowest BCUT2D eigenvalue weighted by atomic mass is 10.1. The molecule has 0 saturated carbocycles. The Morgan fingerprint density at radius 2 is 1.72 bits per heavy atom. The van der Waals surface area contributed by atoms with E-state index in [4.69, 9.17) is 4.74 Å². The van der Waals surface area contributed by atoms with Gasteiger partial charge in [-0.3, -0.25) is 4.79 Å². The van der Waals surface area contributed by atoms with Crippen molar-refractivity contribution >= 4 is 21.6 Å². The third kappa shape index (κ3) is 4.69. The molecule has 1 heterocycles. The molecule has 2 aromatic carbocycles. The molecule has 1 fully saturated rings. The second kappa shape index (κ2) is 8.65. The number of nitrogens with zero attached hydrogens (tertiary/aromatic N) is 1. The van der Waals surface area contributed by atoms with Gasteiger partial charge in [-0.15, -0.1) is 0 Å². The third-order valence-electron chi connectivity index (χ3n) is 5.55. The van der Waals surface area contributed by atoms with E-state index in [2.05, 4.69) is 17.4 Å². The van der Waals surface area contributed by atoms with Crippen molar-refractivity contribution in [2.45, 2.75) is 37.0 Å². The molecule has 0 aromatic heterocycles. The maximum atomic E-state index is 12.7. The van der Waals surface area contributed by atoms with Crippen molar-refractivity contribution in [3.05, 3.63) is 59.2 Å².